The van der Waals surface area contributed by atoms with Gasteiger partial charge in [0.15, 0.2) is 0 Å². The monoisotopic (exact) mass is 396 g/mol. The minimum absolute atomic E-state index is 0.145. The van der Waals surface area contributed by atoms with Gasteiger partial charge in [0.05, 0.1) is 6.54 Å². The third-order valence-electron chi connectivity index (χ3n) is 4.69. The van der Waals surface area contributed by atoms with E-state index in [9.17, 15) is 14.0 Å². The van der Waals surface area contributed by atoms with Crippen LogP contribution in [0.15, 0.2) is 67.0 Å². The molecule has 0 saturated carbocycles. The van der Waals surface area contributed by atoms with Crippen molar-refractivity contribution in [3.8, 4) is 0 Å². The molecule has 0 bridgehead atoms. The number of nitrogens with zero attached hydrogens (tertiary/aromatic N) is 2. The predicted molar refractivity (Wildman–Crippen MR) is 108 cm³/mol. The van der Waals surface area contributed by atoms with E-state index < -0.39 is 12.1 Å². The van der Waals surface area contributed by atoms with E-state index in [1.54, 1.807) is 29.4 Å². The third kappa shape index (κ3) is 5.44. The smallest absolute Gasteiger partial charge is 0.414 e. The van der Waals surface area contributed by atoms with Crippen molar-refractivity contribution in [2.45, 2.75) is 39.5 Å². The molecule has 3 rings (SSSR count). The van der Waals surface area contributed by atoms with Crippen LogP contribution in [0.1, 0.15) is 31.4 Å². The molecule has 1 heterocycles. The molecule has 6 heteroatoms. The van der Waals surface area contributed by atoms with Crippen LogP contribution in [0.3, 0.4) is 0 Å². The number of hydrogen-bond acceptors (Lipinski definition) is 3. The summed E-state index contributed by atoms with van der Waals surface area (Å²) in [6.07, 6.45) is 3.13. The lowest BCUT2D eigenvalue weighted by Crippen LogP contribution is -2.51. The van der Waals surface area contributed by atoms with Crippen LogP contribution in [0.2, 0.25) is 0 Å². The molecule has 2 aromatic carbocycles. The fourth-order valence-electron chi connectivity index (χ4n) is 3.20. The summed E-state index contributed by atoms with van der Waals surface area (Å²) < 4.78 is 18.5. The lowest BCUT2D eigenvalue weighted by atomic mass is 10.0. The van der Waals surface area contributed by atoms with E-state index in [2.05, 4.69) is 0 Å². The number of ether oxygens (including phenoxy) is 1. The molecule has 0 aliphatic carbocycles. The van der Waals surface area contributed by atoms with E-state index in [1.807, 2.05) is 44.2 Å². The average molecular weight is 396 g/mol. The second kappa shape index (κ2) is 9.37. The number of benzene rings is 2. The van der Waals surface area contributed by atoms with Gasteiger partial charge in [-0.15, -0.1) is 0 Å². The highest BCUT2D eigenvalue weighted by Gasteiger charge is 2.36. The molecule has 0 radical (unpaired) electrons. The van der Waals surface area contributed by atoms with Gasteiger partial charge in [-0.2, -0.15) is 0 Å². The molecule has 0 unspecified atom stereocenters. The van der Waals surface area contributed by atoms with Crippen LogP contribution in [-0.4, -0.2) is 27.8 Å². The summed E-state index contributed by atoms with van der Waals surface area (Å²) >= 11 is 0. The molecule has 29 heavy (non-hydrogen) atoms. The Kier molecular flexibility index (Phi) is 6.65. The van der Waals surface area contributed by atoms with Crippen molar-refractivity contribution in [2.75, 3.05) is 0 Å². The Morgan fingerprint density at radius 3 is 2.38 bits per heavy atom. The number of carbonyl (C=O) groups excluding carboxylic acids is 2. The van der Waals surface area contributed by atoms with Gasteiger partial charge >= 0.3 is 6.09 Å². The van der Waals surface area contributed by atoms with Gasteiger partial charge in [0.1, 0.15) is 18.5 Å². The van der Waals surface area contributed by atoms with Gasteiger partial charge < -0.3 is 9.64 Å². The summed E-state index contributed by atoms with van der Waals surface area (Å²) in [4.78, 5) is 28.6. The summed E-state index contributed by atoms with van der Waals surface area (Å²) in [5.41, 5.74) is 1.69. The van der Waals surface area contributed by atoms with E-state index in [1.165, 1.54) is 17.0 Å². The van der Waals surface area contributed by atoms with Crippen LogP contribution in [0, 0.1) is 11.7 Å². The lowest BCUT2D eigenvalue weighted by Gasteiger charge is -2.36. The van der Waals surface area contributed by atoms with Gasteiger partial charge in [0.2, 0.25) is 5.91 Å². The number of hydrogen-bond donors (Lipinski definition) is 0. The predicted octanol–water partition coefficient (Wildman–Crippen LogP) is 4.69. The first kappa shape index (κ1) is 20.6. The molecule has 0 fully saturated rings. The van der Waals surface area contributed by atoms with Crippen LogP contribution in [0.5, 0.6) is 0 Å². The van der Waals surface area contributed by atoms with Crippen LogP contribution in [0.4, 0.5) is 9.18 Å². The Labute approximate surface area is 170 Å². The topological polar surface area (TPSA) is 49.9 Å². The van der Waals surface area contributed by atoms with Gasteiger partial charge in [-0.25, -0.2) is 9.18 Å². The largest absolute Gasteiger partial charge is 0.444 e. The molecular weight excluding hydrogens is 371 g/mol. The highest BCUT2D eigenvalue weighted by Crippen LogP contribution is 2.22. The van der Waals surface area contributed by atoms with Crippen molar-refractivity contribution < 1.29 is 18.7 Å². The van der Waals surface area contributed by atoms with E-state index in [4.69, 9.17) is 4.74 Å². The van der Waals surface area contributed by atoms with Gasteiger partial charge in [-0.3, -0.25) is 9.69 Å². The molecule has 152 valence electrons. The normalized spacial score (nSPS) is 16.4. The van der Waals surface area contributed by atoms with Crippen molar-refractivity contribution in [1.29, 1.82) is 0 Å². The molecule has 0 saturated heterocycles. The maximum absolute atomic E-state index is 13.1. The lowest BCUT2D eigenvalue weighted by molar-refractivity contribution is -0.135. The first-order chi connectivity index (χ1) is 13.9. The zero-order chi connectivity index (χ0) is 20.8. The summed E-state index contributed by atoms with van der Waals surface area (Å²) in [5.74, 6) is -0.283. The molecule has 0 aromatic heterocycles. The Morgan fingerprint density at radius 1 is 1.03 bits per heavy atom. The molecule has 1 atom stereocenters. The van der Waals surface area contributed by atoms with Gasteiger partial charge in [0.25, 0.3) is 0 Å². The number of carbonyl (C=O) groups is 2. The van der Waals surface area contributed by atoms with Crippen molar-refractivity contribution in [1.82, 2.24) is 9.80 Å². The minimum atomic E-state index is -0.635. The summed E-state index contributed by atoms with van der Waals surface area (Å²) in [5, 5.41) is 0. The van der Waals surface area contributed by atoms with Crippen LogP contribution >= 0.6 is 0 Å². The van der Waals surface area contributed by atoms with Gasteiger partial charge in [-0.05, 0) is 35.6 Å². The Balaban J connectivity index is 1.72. The van der Waals surface area contributed by atoms with E-state index >= 15 is 0 Å². The summed E-state index contributed by atoms with van der Waals surface area (Å²) in [7, 11) is 0. The highest BCUT2D eigenvalue weighted by molar-refractivity contribution is 5.88. The molecule has 1 aliphatic rings. The number of halogens is 1. The van der Waals surface area contributed by atoms with Crippen LogP contribution in [0.25, 0.3) is 0 Å². The molecular formula is C23H25FN2O3. The fraction of sp³-hybridized carbons (Fsp3) is 0.304. The molecule has 2 aromatic rings. The van der Waals surface area contributed by atoms with E-state index in [0.29, 0.717) is 13.0 Å². The molecule has 5 nitrogen and oxygen atoms in total. The first-order valence-electron chi connectivity index (χ1n) is 9.66. The maximum atomic E-state index is 13.1. The van der Waals surface area contributed by atoms with Crippen molar-refractivity contribution in [3.63, 3.8) is 0 Å². The average Bonchev–Trinajstić information content (AvgIpc) is 2.71. The SMILES string of the molecule is CC(C)C[C@@H]1C(=O)N(Cc2ccc(F)cc2)C=CN1C(=O)OCc1ccccc1. The van der Waals surface area contributed by atoms with Gasteiger partial charge in [0, 0.05) is 12.4 Å². The minimum Gasteiger partial charge on any atom is -0.444 e. The standard InChI is InChI=1S/C23H25FN2O3/c1-17(2)14-21-22(27)25(15-18-8-10-20(24)11-9-18)12-13-26(21)23(28)29-16-19-6-4-3-5-7-19/h3-13,17,21H,14-16H2,1-2H3/t21-/m1/s1. The fourth-order valence-corrected chi connectivity index (χ4v) is 3.20. The summed E-state index contributed by atoms with van der Waals surface area (Å²) in [6.45, 7) is 4.47. The number of rotatable bonds is 6. The Morgan fingerprint density at radius 2 is 1.72 bits per heavy atom. The first-order valence-corrected chi connectivity index (χ1v) is 9.66. The quantitative estimate of drug-likeness (QED) is 0.712. The van der Waals surface area contributed by atoms with E-state index in [-0.39, 0.29) is 24.2 Å². The van der Waals surface area contributed by atoms with Crippen LogP contribution < -0.4 is 0 Å². The molecule has 2 amide bonds. The number of amides is 2. The van der Waals surface area contributed by atoms with Crippen molar-refractivity contribution in [3.05, 3.63) is 83.9 Å². The zero-order valence-corrected chi connectivity index (χ0v) is 16.6. The van der Waals surface area contributed by atoms with Crippen molar-refractivity contribution in [2.24, 2.45) is 5.92 Å². The zero-order valence-electron chi connectivity index (χ0n) is 16.6. The summed E-state index contributed by atoms with van der Waals surface area (Å²) in [6, 6.07) is 14.8. The van der Waals surface area contributed by atoms with E-state index in [0.717, 1.165) is 11.1 Å². The van der Waals surface area contributed by atoms with Crippen molar-refractivity contribution >= 4 is 12.0 Å². The molecule has 0 N–H and O–H groups in total. The second-order valence-corrected chi connectivity index (χ2v) is 7.48. The Bertz CT molecular complexity index is 865. The highest BCUT2D eigenvalue weighted by atomic mass is 19.1. The second-order valence-electron chi connectivity index (χ2n) is 7.48. The molecule has 0 spiro atoms. The third-order valence-corrected chi connectivity index (χ3v) is 4.69. The maximum Gasteiger partial charge on any atom is 0.414 e. The Hall–Kier alpha value is -3.15. The van der Waals surface area contributed by atoms with Gasteiger partial charge in [-0.1, -0.05) is 56.3 Å². The van der Waals surface area contributed by atoms with Crippen LogP contribution in [-0.2, 0) is 22.7 Å². The molecule has 1 aliphatic heterocycles.